The highest BCUT2D eigenvalue weighted by Gasteiger charge is 2.08. The highest BCUT2D eigenvalue weighted by molar-refractivity contribution is 6.28. The van der Waals surface area contributed by atoms with Gasteiger partial charge in [0.15, 0.2) is 0 Å². The molecule has 0 atom stereocenters. The van der Waals surface area contributed by atoms with Crippen LogP contribution in [0.25, 0.3) is 5.82 Å². The van der Waals surface area contributed by atoms with Gasteiger partial charge in [-0.15, -0.1) is 0 Å². The molecule has 0 saturated heterocycles. The van der Waals surface area contributed by atoms with Crippen LogP contribution in [-0.4, -0.2) is 10.3 Å². The molecule has 3 rings (SSSR count). The molecule has 0 aliphatic rings. The predicted octanol–water partition coefficient (Wildman–Crippen LogP) is 5.02. The number of benzene rings is 2. The monoisotopic (exact) mass is 306 g/mol. The number of rotatable bonds is 4. The topological polar surface area (TPSA) is 17.3 Å². The summed E-state index contributed by atoms with van der Waals surface area (Å²) in [6, 6.07) is 24.1. The smallest absolute Gasteiger partial charge is 0.148 e. The normalized spacial score (nSPS) is 11.2. The van der Waals surface area contributed by atoms with Crippen LogP contribution in [-0.2, 0) is 0 Å². The lowest BCUT2D eigenvalue weighted by Gasteiger charge is -2.10. The first-order valence-corrected chi connectivity index (χ1v) is 7.45. The molecule has 0 spiro atoms. The Hall–Kier alpha value is -2.58. The third-order valence-corrected chi connectivity index (χ3v) is 3.48. The van der Waals surface area contributed by atoms with E-state index in [0.29, 0.717) is 5.82 Å². The summed E-state index contributed by atoms with van der Waals surface area (Å²) in [5, 5.41) is 0. The van der Waals surface area contributed by atoms with Crippen molar-refractivity contribution in [2.75, 3.05) is 0 Å². The summed E-state index contributed by atoms with van der Waals surface area (Å²) in [6.45, 7) is 0. The van der Waals surface area contributed by atoms with Crippen LogP contribution >= 0.6 is 11.6 Å². The summed E-state index contributed by atoms with van der Waals surface area (Å²) in [5.74, 6) is 0.675. The lowest BCUT2D eigenvalue weighted by Crippen LogP contribution is -2.05. The number of hydrogen-bond acceptors (Lipinski definition) is 1. The van der Waals surface area contributed by atoms with Gasteiger partial charge in [-0.2, -0.15) is 0 Å². The minimum absolute atomic E-state index is 0.675. The van der Waals surface area contributed by atoms with Crippen molar-refractivity contribution >= 4 is 23.1 Å². The number of nitrogens with zero attached hydrogens (tertiary/aromatic N) is 2. The summed E-state index contributed by atoms with van der Waals surface area (Å²) in [7, 11) is 0. The molecule has 0 bridgehead atoms. The van der Waals surface area contributed by atoms with Gasteiger partial charge < -0.3 is 4.57 Å². The molecule has 22 heavy (non-hydrogen) atoms. The van der Waals surface area contributed by atoms with Gasteiger partial charge in [-0.05, 0) is 12.1 Å². The molecule has 0 aliphatic heterocycles. The van der Waals surface area contributed by atoms with Crippen molar-refractivity contribution in [2.24, 2.45) is 4.99 Å². The molecule has 0 amide bonds. The van der Waals surface area contributed by atoms with Crippen LogP contribution in [0.15, 0.2) is 95.7 Å². The Bertz CT molecular complexity index is 731. The fraction of sp³-hybridized carbons (Fsp3) is 0. The minimum atomic E-state index is 0.675. The number of aromatic nitrogens is 1. The molecule has 0 N–H and O–H groups in total. The van der Waals surface area contributed by atoms with E-state index in [9.17, 15) is 0 Å². The van der Waals surface area contributed by atoms with Gasteiger partial charge in [0.05, 0.1) is 5.71 Å². The van der Waals surface area contributed by atoms with Crippen molar-refractivity contribution in [2.45, 2.75) is 0 Å². The van der Waals surface area contributed by atoms with Crippen molar-refractivity contribution in [3.05, 3.63) is 102 Å². The average molecular weight is 307 g/mol. The lowest BCUT2D eigenvalue weighted by molar-refractivity contribution is 1.08. The van der Waals surface area contributed by atoms with Gasteiger partial charge in [0.1, 0.15) is 5.82 Å². The van der Waals surface area contributed by atoms with Crippen molar-refractivity contribution in [1.82, 2.24) is 4.57 Å². The van der Waals surface area contributed by atoms with E-state index in [2.05, 4.69) is 0 Å². The first kappa shape index (κ1) is 14.4. The van der Waals surface area contributed by atoms with Gasteiger partial charge >= 0.3 is 0 Å². The summed E-state index contributed by atoms with van der Waals surface area (Å²) < 4.78 is 1.89. The maximum absolute atomic E-state index is 5.99. The van der Waals surface area contributed by atoms with E-state index in [1.165, 1.54) is 5.54 Å². The summed E-state index contributed by atoms with van der Waals surface area (Å²) >= 11 is 5.99. The average Bonchev–Trinajstić information content (AvgIpc) is 3.12. The summed E-state index contributed by atoms with van der Waals surface area (Å²) in [6.07, 6.45) is 3.84. The number of halogens is 1. The first-order chi connectivity index (χ1) is 10.9. The molecule has 0 radical (unpaired) electrons. The second-order valence-electron chi connectivity index (χ2n) is 4.75. The Morgan fingerprint density at radius 1 is 0.773 bits per heavy atom. The third kappa shape index (κ3) is 3.18. The van der Waals surface area contributed by atoms with E-state index in [1.807, 2.05) is 89.8 Å². The van der Waals surface area contributed by atoms with Gasteiger partial charge in [0, 0.05) is 29.1 Å². The Kier molecular flexibility index (Phi) is 4.52. The van der Waals surface area contributed by atoms with Crippen molar-refractivity contribution in [3.63, 3.8) is 0 Å². The third-order valence-electron chi connectivity index (χ3n) is 3.29. The highest BCUT2D eigenvalue weighted by atomic mass is 35.5. The van der Waals surface area contributed by atoms with Crippen LogP contribution in [0, 0.1) is 0 Å². The zero-order chi connectivity index (χ0) is 15.2. The van der Waals surface area contributed by atoms with E-state index < -0.39 is 0 Å². The largest absolute Gasteiger partial charge is 0.308 e. The molecular weight excluding hydrogens is 292 g/mol. The Morgan fingerprint density at radius 2 is 1.27 bits per heavy atom. The SMILES string of the molecule is Cl/C=C(\N=C(c1ccccc1)c1ccccc1)n1cccc1. The second kappa shape index (κ2) is 6.92. The Morgan fingerprint density at radius 3 is 1.73 bits per heavy atom. The van der Waals surface area contributed by atoms with Crippen LogP contribution in [0.5, 0.6) is 0 Å². The second-order valence-corrected chi connectivity index (χ2v) is 4.97. The van der Waals surface area contributed by atoms with Crippen LogP contribution in [0.3, 0.4) is 0 Å². The molecule has 3 heteroatoms. The summed E-state index contributed by atoms with van der Waals surface area (Å²) in [4.78, 5) is 4.79. The van der Waals surface area contributed by atoms with Crippen molar-refractivity contribution < 1.29 is 0 Å². The molecule has 0 unspecified atom stereocenters. The van der Waals surface area contributed by atoms with Crippen LogP contribution in [0.1, 0.15) is 11.1 Å². The van der Waals surface area contributed by atoms with E-state index in [0.717, 1.165) is 16.8 Å². The number of hydrogen-bond donors (Lipinski definition) is 0. The van der Waals surface area contributed by atoms with E-state index in [1.54, 1.807) is 0 Å². The van der Waals surface area contributed by atoms with E-state index in [-0.39, 0.29) is 0 Å². The number of aliphatic imine (C=N–C) groups is 1. The minimum Gasteiger partial charge on any atom is -0.308 e. The van der Waals surface area contributed by atoms with Crippen molar-refractivity contribution in [3.8, 4) is 0 Å². The molecule has 1 heterocycles. The molecule has 0 fully saturated rings. The van der Waals surface area contributed by atoms with Gasteiger partial charge in [-0.3, -0.25) is 0 Å². The molecule has 2 aromatic carbocycles. The standard InChI is InChI=1S/C19H15ClN2/c20-15-18(22-13-7-8-14-22)21-19(16-9-3-1-4-10-16)17-11-5-2-6-12-17/h1-15H/b18-15+. The Balaban J connectivity index is 2.12. The van der Waals surface area contributed by atoms with E-state index >= 15 is 0 Å². The molecule has 1 aromatic heterocycles. The molecule has 0 saturated carbocycles. The maximum atomic E-state index is 5.99. The Labute approximate surface area is 135 Å². The molecular formula is C19H15ClN2. The van der Waals surface area contributed by atoms with E-state index in [4.69, 9.17) is 16.6 Å². The fourth-order valence-corrected chi connectivity index (χ4v) is 2.39. The molecule has 3 aromatic rings. The molecule has 108 valence electrons. The molecule has 0 aliphatic carbocycles. The van der Waals surface area contributed by atoms with Gasteiger partial charge in [0.25, 0.3) is 0 Å². The predicted molar refractivity (Wildman–Crippen MR) is 93.1 cm³/mol. The highest BCUT2D eigenvalue weighted by Crippen LogP contribution is 2.16. The summed E-state index contributed by atoms with van der Waals surface area (Å²) in [5.41, 5.74) is 4.49. The fourth-order valence-electron chi connectivity index (χ4n) is 2.23. The van der Waals surface area contributed by atoms with Crippen LogP contribution in [0.4, 0.5) is 0 Å². The molecule has 2 nitrogen and oxygen atoms in total. The lowest BCUT2D eigenvalue weighted by atomic mass is 10.0. The zero-order valence-electron chi connectivity index (χ0n) is 11.9. The van der Waals surface area contributed by atoms with Crippen LogP contribution in [0.2, 0.25) is 0 Å². The van der Waals surface area contributed by atoms with Gasteiger partial charge in [-0.1, -0.05) is 72.3 Å². The zero-order valence-corrected chi connectivity index (χ0v) is 12.7. The van der Waals surface area contributed by atoms with Crippen molar-refractivity contribution in [1.29, 1.82) is 0 Å². The van der Waals surface area contributed by atoms with Gasteiger partial charge in [0.2, 0.25) is 0 Å². The van der Waals surface area contributed by atoms with Crippen LogP contribution < -0.4 is 0 Å². The van der Waals surface area contributed by atoms with Gasteiger partial charge in [-0.25, -0.2) is 4.99 Å². The first-order valence-electron chi connectivity index (χ1n) is 7.02. The maximum Gasteiger partial charge on any atom is 0.148 e. The quantitative estimate of drug-likeness (QED) is 0.602.